The Labute approximate surface area is 106 Å². The van der Waals surface area contributed by atoms with Gasteiger partial charge in [0.15, 0.2) is 0 Å². The van der Waals surface area contributed by atoms with Crippen LogP contribution in [0.15, 0.2) is 22.7 Å². The number of carbonyl (C=O) groups excluding carboxylic acids is 1. The second kappa shape index (κ2) is 5.35. The van der Waals surface area contributed by atoms with Crippen LogP contribution in [0.3, 0.4) is 0 Å². The van der Waals surface area contributed by atoms with E-state index in [2.05, 4.69) is 19.0 Å². The van der Waals surface area contributed by atoms with Crippen LogP contribution in [0.25, 0.3) is 0 Å². The lowest BCUT2D eigenvalue weighted by atomic mass is 10.1. The summed E-state index contributed by atoms with van der Waals surface area (Å²) < 4.78 is 5.08. The summed E-state index contributed by atoms with van der Waals surface area (Å²) in [7, 11) is 0. The molecule has 1 aromatic heterocycles. The standard InChI is InChI=1S/C13H18N2O3/c1-9(2)6-10-7-12(18-14-10)13(17)15-5-3-4-11(15)8-16/h3-4,7,9,11,16H,5-6,8H2,1-2H3/t11-/m1/s1. The fourth-order valence-electron chi connectivity index (χ4n) is 2.03. The molecule has 0 bridgehead atoms. The van der Waals surface area contributed by atoms with Gasteiger partial charge in [0, 0.05) is 12.6 Å². The summed E-state index contributed by atoms with van der Waals surface area (Å²) >= 11 is 0. The van der Waals surface area contributed by atoms with Crippen molar-refractivity contribution < 1.29 is 14.4 Å². The molecule has 0 saturated carbocycles. The molecule has 2 rings (SSSR count). The van der Waals surface area contributed by atoms with Crippen molar-refractivity contribution in [3.05, 3.63) is 29.7 Å². The van der Waals surface area contributed by atoms with Crippen LogP contribution in [0.1, 0.15) is 30.1 Å². The van der Waals surface area contributed by atoms with Gasteiger partial charge in [-0.2, -0.15) is 0 Å². The Morgan fingerprint density at radius 2 is 2.44 bits per heavy atom. The lowest BCUT2D eigenvalue weighted by Gasteiger charge is -2.21. The van der Waals surface area contributed by atoms with Crippen molar-refractivity contribution >= 4 is 5.91 Å². The maximum absolute atomic E-state index is 12.2. The third-order valence-corrected chi connectivity index (χ3v) is 2.90. The number of rotatable bonds is 4. The fourth-order valence-corrected chi connectivity index (χ4v) is 2.03. The van der Waals surface area contributed by atoms with Crippen molar-refractivity contribution in [1.82, 2.24) is 10.1 Å². The average molecular weight is 250 g/mol. The Morgan fingerprint density at radius 1 is 1.67 bits per heavy atom. The number of hydrogen-bond donors (Lipinski definition) is 1. The van der Waals surface area contributed by atoms with E-state index in [-0.39, 0.29) is 24.3 Å². The van der Waals surface area contributed by atoms with Gasteiger partial charge < -0.3 is 14.5 Å². The molecule has 0 unspecified atom stereocenters. The third-order valence-electron chi connectivity index (χ3n) is 2.90. The van der Waals surface area contributed by atoms with Gasteiger partial charge in [-0.15, -0.1) is 0 Å². The Balaban J connectivity index is 2.07. The molecule has 1 aliphatic rings. The number of hydrogen-bond acceptors (Lipinski definition) is 4. The molecule has 1 aliphatic heterocycles. The summed E-state index contributed by atoms with van der Waals surface area (Å²) in [6.07, 6.45) is 4.48. The number of nitrogens with zero attached hydrogens (tertiary/aromatic N) is 2. The molecule has 2 heterocycles. The summed E-state index contributed by atoms with van der Waals surface area (Å²) in [5.74, 6) is 0.492. The number of aromatic nitrogens is 1. The van der Waals surface area contributed by atoms with E-state index in [1.165, 1.54) is 0 Å². The van der Waals surface area contributed by atoms with E-state index < -0.39 is 0 Å². The highest BCUT2D eigenvalue weighted by Crippen LogP contribution is 2.16. The number of aliphatic hydroxyl groups is 1. The molecule has 1 amide bonds. The van der Waals surface area contributed by atoms with Crippen LogP contribution in [-0.4, -0.2) is 40.3 Å². The van der Waals surface area contributed by atoms with Gasteiger partial charge in [0.1, 0.15) is 0 Å². The minimum atomic E-state index is -0.254. The molecule has 1 aromatic rings. The molecule has 0 fully saturated rings. The quantitative estimate of drug-likeness (QED) is 0.817. The summed E-state index contributed by atoms with van der Waals surface area (Å²) in [6.45, 7) is 4.60. The number of aliphatic hydroxyl groups excluding tert-OH is 1. The van der Waals surface area contributed by atoms with Gasteiger partial charge in [-0.1, -0.05) is 31.2 Å². The van der Waals surface area contributed by atoms with Crippen LogP contribution >= 0.6 is 0 Å². The molecule has 18 heavy (non-hydrogen) atoms. The van der Waals surface area contributed by atoms with E-state index in [1.54, 1.807) is 11.0 Å². The topological polar surface area (TPSA) is 66.6 Å². The lowest BCUT2D eigenvalue weighted by Crippen LogP contribution is -2.37. The van der Waals surface area contributed by atoms with Crippen LogP contribution in [0, 0.1) is 5.92 Å². The SMILES string of the molecule is CC(C)Cc1cc(C(=O)N2CC=C[C@@H]2CO)on1. The Kier molecular flexibility index (Phi) is 3.81. The van der Waals surface area contributed by atoms with E-state index in [4.69, 9.17) is 9.63 Å². The van der Waals surface area contributed by atoms with E-state index >= 15 is 0 Å². The Bertz CT molecular complexity index is 451. The van der Waals surface area contributed by atoms with Crippen LogP contribution in [0.4, 0.5) is 0 Å². The first-order chi connectivity index (χ1) is 8.61. The number of amides is 1. The minimum absolute atomic E-state index is 0.0742. The van der Waals surface area contributed by atoms with Crippen LogP contribution < -0.4 is 0 Å². The molecule has 98 valence electrons. The van der Waals surface area contributed by atoms with Gasteiger partial charge in [-0.05, 0) is 12.3 Å². The molecule has 5 heteroatoms. The highest BCUT2D eigenvalue weighted by Gasteiger charge is 2.27. The van der Waals surface area contributed by atoms with Gasteiger partial charge in [0.05, 0.1) is 18.3 Å². The maximum atomic E-state index is 12.2. The molecule has 0 aliphatic carbocycles. The molecule has 1 N–H and O–H groups in total. The predicted octanol–water partition coefficient (Wildman–Crippen LogP) is 1.25. The second-order valence-corrected chi connectivity index (χ2v) is 4.92. The molecule has 1 atom stereocenters. The first-order valence-corrected chi connectivity index (χ1v) is 6.16. The van der Waals surface area contributed by atoms with Crippen molar-refractivity contribution in [3.63, 3.8) is 0 Å². The third kappa shape index (κ3) is 2.61. The molecule has 0 spiro atoms. The normalized spacial score (nSPS) is 18.9. The average Bonchev–Trinajstić information content (AvgIpc) is 2.95. The zero-order valence-electron chi connectivity index (χ0n) is 10.7. The molecule has 5 nitrogen and oxygen atoms in total. The monoisotopic (exact) mass is 250 g/mol. The summed E-state index contributed by atoms with van der Waals surface area (Å²) in [5, 5.41) is 13.1. The fraction of sp³-hybridized carbons (Fsp3) is 0.538. The van der Waals surface area contributed by atoms with Crippen LogP contribution in [0.2, 0.25) is 0 Å². The zero-order valence-corrected chi connectivity index (χ0v) is 10.7. The first-order valence-electron chi connectivity index (χ1n) is 6.16. The van der Waals surface area contributed by atoms with E-state index in [1.807, 2.05) is 12.2 Å². The van der Waals surface area contributed by atoms with Crippen molar-refractivity contribution in [3.8, 4) is 0 Å². The molecule has 0 radical (unpaired) electrons. The highest BCUT2D eigenvalue weighted by atomic mass is 16.5. The van der Waals surface area contributed by atoms with Gasteiger partial charge in [-0.3, -0.25) is 4.79 Å². The zero-order chi connectivity index (χ0) is 13.1. The molecule has 0 saturated heterocycles. The Morgan fingerprint density at radius 3 is 3.11 bits per heavy atom. The summed E-state index contributed by atoms with van der Waals surface area (Å²) in [6, 6.07) is 1.44. The first kappa shape index (κ1) is 12.8. The van der Waals surface area contributed by atoms with E-state index in [0.717, 1.165) is 12.1 Å². The molecule has 0 aromatic carbocycles. The Hall–Kier alpha value is -1.62. The van der Waals surface area contributed by atoms with E-state index in [9.17, 15) is 4.79 Å². The molecular weight excluding hydrogens is 232 g/mol. The van der Waals surface area contributed by atoms with Gasteiger partial charge in [0.2, 0.25) is 5.76 Å². The van der Waals surface area contributed by atoms with Crippen molar-refractivity contribution in [1.29, 1.82) is 0 Å². The van der Waals surface area contributed by atoms with Crippen LogP contribution in [0.5, 0.6) is 0 Å². The smallest absolute Gasteiger partial charge is 0.293 e. The van der Waals surface area contributed by atoms with Crippen molar-refractivity contribution in [2.45, 2.75) is 26.3 Å². The highest BCUT2D eigenvalue weighted by molar-refractivity contribution is 5.92. The van der Waals surface area contributed by atoms with Crippen LogP contribution in [-0.2, 0) is 6.42 Å². The lowest BCUT2D eigenvalue weighted by molar-refractivity contribution is 0.0659. The second-order valence-electron chi connectivity index (χ2n) is 4.92. The van der Waals surface area contributed by atoms with E-state index in [0.29, 0.717) is 12.5 Å². The predicted molar refractivity (Wildman–Crippen MR) is 66.1 cm³/mol. The largest absolute Gasteiger partial charge is 0.394 e. The summed E-state index contributed by atoms with van der Waals surface area (Å²) in [5.41, 5.74) is 0.793. The van der Waals surface area contributed by atoms with Crippen molar-refractivity contribution in [2.24, 2.45) is 5.92 Å². The summed E-state index contributed by atoms with van der Waals surface area (Å²) in [4.78, 5) is 13.7. The van der Waals surface area contributed by atoms with Gasteiger partial charge >= 0.3 is 0 Å². The van der Waals surface area contributed by atoms with Gasteiger partial charge in [0.25, 0.3) is 5.91 Å². The number of carbonyl (C=O) groups is 1. The van der Waals surface area contributed by atoms with Gasteiger partial charge in [-0.25, -0.2) is 0 Å². The van der Waals surface area contributed by atoms with Crippen molar-refractivity contribution in [2.75, 3.05) is 13.2 Å². The molecular formula is C13H18N2O3. The maximum Gasteiger partial charge on any atom is 0.293 e. The minimum Gasteiger partial charge on any atom is -0.394 e.